The lowest BCUT2D eigenvalue weighted by molar-refractivity contribution is 0.505. The molecule has 1 aliphatic rings. The maximum absolute atomic E-state index is 11.5. The van der Waals surface area contributed by atoms with Gasteiger partial charge in [-0.2, -0.15) is 0 Å². The molecular formula is C11H15BrN2OS. The Bertz CT molecular complexity index is 375. The van der Waals surface area contributed by atoms with E-state index >= 15 is 0 Å². The van der Waals surface area contributed by atoms with Crippen LogP contribution in [0.2, 0.25) is 0 Å². The van der Waals surface area contributed by atoms with Crippen molar-refractivity contribution in [1.82, 2.24) is 9.71 Å². The van der Waals surface area contributed by atoms with E-state index in [4.69, 9.17) is 0 Å². The molecule has 2 unspecified atom stereocenters. The van der Waals surface area contributed by atoms with Crippen LogP contribution >= 0.6 is 15.9 Å². The summed E-state index contributed by atoms with van der Waals surface area (Å²) < 4.78 is 15.8. The summed E-state index contributed by atoms with van der Waals surface area (Å²) >= 11 is 2.60. The molecule has 5 heteroatoms. The molecule has 1 aromatic rings. The number of hydrogen-bond donors (Lipinski definition) is 1. The number of rotatable bonds is 3. The van der Waals surface area contributed by atoms with E-state index in [1.54, 1.807) is 0 Å². The van der Waals surface area contributed by atoms with Gasteiger partial charge in [-0.1, -0.05) is 0 Å². The number of fused-ring (bicyclic) bond motifs is 1. The molecular weight excluding hydrogens is 288 g/mol. The van der Waals surface area contributed by atoms with E-state index in [0.29, 0.717) is 5.75 Å². The van der Waals surface area contributed by atoms with Gasteiger partial charge < -0.3 is 4.55 Å². The maximum atomic E-state index is 11.5. The molecule has 3 nitrogen and oxygen atoms in total. The maximum Gasteiger partial charge on any atom is 0.122 e. The zero-order valence-electron chi connectivity index (χ0n) is 9.20. The van der Waals surface area contributed by atoms with Gasteiger partial charge in [0, 0.05) is 28.2 Å². The van der Waals surface area contributed by atoms with E-state index in [1.165, 1.54) is 11.1 Å². The minimum Gasteiger partial charge on any atom is -0.598 e. The molecule has 0 saturated carbocycles. The second kappa shape index (κ2) is 5.49. The average Bonchev–Trinajstić information content (AvgIpc) is 2.30. The van der Waals surface area contributed by atoms with Crippen LogP contribution in [0.1, 0.15) is 36.9 Å². The summed E-state index contributed by atoms with van der Waals surface area (Å²) in [6.07, 6.45) is 6.97. The molecule has 16 heavy (non-hydrogen) atoms. The molecule has 2 atom stereocenters. The van der Waals surface area contributed by atoms with Crippen molar-refractivity contribution in [3.8, 4) is 0 Å². The first-order chi connectivity index (χ1) is 7.72. The smallest absolute Gasteiger partial charge is 0.122 e. The van der Waals surface area contributed by atoms with Crippen molar-refractivity contribution < 1.29 is 4.55 Å². The molecule has 1 aliphatic carbocycles. The molecule has 1 N–H and O–H groups in total. The highest BCUT2D eigenvalue weighted by atomic mass is 79.9. The molecule has 0 fully saturated rings. The highest BCUT2D eigenvalue weighted by Gasteiger charge is 2.25. The molecule has 0 aromatic carbocycles. The molecule has 1 heterocycles. The predicted molar refractivity (Wildman–Crippen MR) is 69.4 cm³/mol. The Labute approximate surface area is 107 Å². The third-order valence-electron chi connectivity index (χ3n) is 2.87. The molecule has 0 radical (unpaired) electrons. The van der Waals surface area contributed by atoms with Crippen molar-refractivity contribution in [2.75, 3.05) is 5.75 Å². The van der Waals surface area contributed by atoms with Gasteiger partial charge in [0.2, 0.25) is 0 Å². The largest absolute Gasteiger partial charge is 0.598 e. The standard InChI is InChI=1S/C11H15BrN2OS/c1-2-16(15)14-11-5-3-4-8-9(11)6-13-7-10(8)12/h6-7,11,14H,2-5H2,1H3. The number of halogens is 1. The summed E-state index contributed by atoms with van der Waals surface area (Å²) in [5.41, 5.74) is 2.51. The lowest BCUT2D eigenvalue weighted by atomic mass is 9.90. The van der Waals surface area contributed by atoms with E-state index in [-0.39, 0.29) is 6.04 Å². The zero-order chi connectivity index (χ0) is 11.5. The number of hydrogen-bond acceptors (Lipinski definition) is 3. The molecule has 0 aliphatic heterocycles. The molecule has 0 spiro atoms. The number of pyridine rings is 1. The fourth-order valence-electron chi connectivity index (χ4n) is 2.04. The molecule has 0 bridgehead atoms. The van der Waals surface area contributed by atoms with Gasteiger partial charge in [-0.05, 0) is 53.2 Å². The van der Waals surface area contributed by atoms with Crippen molar-refractivity contribution in [3.05, 3.63) is 28.0 Å². The van der Waals surface area contributed by atoms with Crippen LogP contribution in [0.3, 0.4) is 0 Å². The normalized spacial score (nSPS) is 21.6. The third-order valence-corrected chi connectivity index (χ3v) is 4.62. The zero-order valence-corrected chi connectivity index (χ0v) is 11.6. The topological polar surface area (TPSA) is 48.0 Å². The fraction of sp³-hybridized carbons (Fsp3) is 0.545. The Morgan fingerprint density at radius 1 is 1.62 bits per heavy atom. The highest BCUT2D eigenvalue weighted by Crippen LogP contribution is 2.33. The second-order valence-corrected chi connectivity index (χ2v) is 6.24. The van der Waals surface area contributed by atoms with Gasteiger partial charge in [0.1, 0.15) is 5.75 Å². The van der Waals surface area contributed by atoms with Crippen molar-refractivity contribution in [3.63, 3.8) is 0 Å². The van der Waals surface area contributed by atoms with Crippen LogP contribution in [-0.4, -0.2) is 15.3 Å². The summed E-state index contributed by atoms with van der Waals surface area (Å²) in [6.45, 7) is 1.92. The summed E-state index contributed by atoms with van der Waals surface area (Å²) in [5.74, 6) is 0.646. The summed E-state index contributed by atoms with van der Waals surface area (Å²) in [5, 5.41) is 0. The summed E-state index contributed by atoms with van der Waals surface area (Å²) in [7, 11) is 0. The molecule has 88 valence electrons. The first kappa shape index (κ1) is 12.4. The van der Waals surface area contributed by atoms with Crippen LogP contribution in [0.25, 0.3) is 0 Å². The summed E-state index contributed by atoms with van der Waals surface area (Å²) in [4.78, 5) is 4.20. The molecule has 0 amide bonds. The van der Waals surface area contributed by atoms with E-state index in [1.807, 2.05) is 19.3 Å². The Kier molecular flexibility index (Phi) is 4.24. The van der Waals surface area contributed by atoms with Crippen LogP contribution in [0, 0.1) is 0 Å². The van der Waals surface area contributed by atoms with E-state index in [9.17, 15) is 4.55 Å². The molecule has 2 rings (SSSR count). The van der Waals surface area contributed by atoms with Crippen LogP contribution in [0.4, 0.5) is 0 Å². The van der Waals surface area contributed by atoms with Gasteiger partial charge in [0.25, 0.3) is 0 Å². The first-order valence-electron chi connectivity index (χ1n) is 5.49. The Morgan fingerprint density at radius 2 is 2.44 bits per heavy atom. The van der Waals surface area contributed by atoms with Crippen molar-refractivity contribution in [2.24, 2.45) is 0 Å². The minimum absolute atomic E-state index is 0.189. The number of nitrogens with zero attached hydrogens (tertiary/aromatic N) is 1. The molecule has 1 aromatic heterocycles. The van der Waals surface area contributed by atoms with Crippen molar-refractivity contribution in [2.45, 2.75) is 32.2 Å². The number of aromatic nitrogens is 1. The van der Waals surface area contributed by atoms with Gasteiger partial charge in [0.05, 0.1) is 6.04 Å². The monoisotopic (exact) mass is 302 g/mol. The third kappa shape index (κ3) is 2.59. The van der Waals surface area contributed by atoms with Crippen molar-refractivity contribution in [1.29, 1.82) is 0 Å². The van der Waals surface area contributed by atoms with Crippen LogP contribution in [-0.2, 0) is 17.8 Å². The highest BCUT2D eigenvalue weighted by molar-refractivity contribution is 9.10. The van der Waals surface area contributed by atoms with Gasteiger partial charge in [-0.3, -0.25) is 4.98 Å². The quantitative estimate of drug-likeness (QED) is 0.873. The lowest BCUT2D eigenvalue weighted by Gasteiger charge is -2.26. The van der Waals surface area contributed by atoms with E-state index < -0.39 is 11.4 Å². The second-order valence-electron chi connectivity index (χ2n) is 3.89. The average molecular weight is 303 g/mol. The van der Waals surface area contributed by atoms with Crippen LogP contribution < -0.4 is 4.72 Å². The Balaban J connectivity index is 2.23. The minimum atomic E-state index is -0.932. The predicted octanol–water partition coefficient (Wildman–Crippen LogP) is 2.49. The molecule has 0 saturated heterocycles. The van der Waals surface area contributed by atoms with Crippen molar-refractivity contribution >= 4 is 27.3 Å². The van der Waals surface area contributed by atoms with Gasteiger partial charge >= 0.3 is 0 Å². The fourth-order valence-corrected chi connectivity index (χ4v) is 3.32. The summed E-state index contributed by atoms with van der Waals surface area (Å²) in [6, 6.07) is 0.189. The Hall–Kier alpha value is -0.100. The van der Waals surface area contributed by atoms with E-state index in [0.717, 1.165) is 23.7 Å². The van der Waals surface area contributed by atoms with Crippen LogP contribution in [0.15, 0.2) is 16.9 Å². The lowest BCUT2D eigenvalue weighted by Crippen LogP contribution is -2.32. The van der Waals surface area contributed by atoms with Gasteiger partial charge in [-0.25, -0.2) is 0 Å². The Morgan fingerprint density at radius 3 is 3.19 bits per heavy atom. The van der Waals surface area contributed by atoms with E-state index in [2.05, 4.69) is 25.6 Å². The SMILES string of the molecule is CC[S+]([O-])NC1CCCc2c(Br)cncc21. The van der Waals surface area contributed by atoms with Gasteiger partial charge in [0.15, 0.2) is 0 Å². The first-order valence-corrected chi connectivity index (χ1v) is 7.60. The number of nitrogens with one attached hydrogen (secondary N) is 1. The van der Waals surface area contributed by atoms with Crippen LogP contribution in [0.5, 0.6) is 0 Å². The van der Waals surface area contributed by atoms with Gasteiger partial charge in [-0.15, -0.1) is 4.72 Å².